The third-order valence-electron chi connectivity index (χ3n) is 11.9. The Labute approximate surface area is 329 Å². The number of aromatic nitrogens is 1. The van der Waals surface area contributed by atoms with Gasteiger partial charge < -0.3 is 19.0 Å². The van der Waals surface area contributed by atoms with Gasteiger partial charge in [-0.1, -0.05) is 140 Å². The largest absolute Gasteiger partial charge is 0.485 e. The van der Waals surface area contributed by atoms with Gasteiger partial charge in [0, 0.05) is 43.9 Å². The summed E-state index contributed by atoms with van der Waals surface area (Å²) in [6.07, 6.45) is 6.12. The molecule has 0 amide bonds. The summed E-state index contributed by atoms with van der Waals surface area (Å²) in [5.74, 6) is 1.76. The highest BCUT2D eigenvalue weighted by molar-refractivity contribution is 6.20. The van der Waals surface area contributed by atoms with Crippen molar-refractivity contribution < 1.29 is 9.15 Å². The molecule has 57 heavy (non-hydrogen) atoms. The molecule has 9 aromatic rings. The minimum absolute atomic E-state index is 0.0183. The van der Waals surface area contributed by atoms with Crippen molar-refractivity contribution in [1.29, 1.82) is 0 Å². The molecular formula is C51H36N4O2. The first-order chi connectivity index (χ1) is 28.3. The smallest absolute Gasteiger partial charge is 0.143 e. The lowest BCUT2D eigenvalue weighted by Crippen LogP contribution is -2.45. The lowest BCUT2D eigenvalue weighted by Gasteiger charge is -2.32. The molecule has 4 heterocycles. The average Bonchev–Trinajstić information content (AvgIpc) is 3.96. The van der Waals surface area contributed by atoms with Crippen LogP contribution in [0, 0.1) is 0 Å². The summed E-state index contributed by atoms with van der Waals surface area (Å²) >= 11 is 0. The van der Waals surface area contributed by atoms with Gasteiger partial charge in [-0.05, 0) is 59.2 Å². The SMILES string of the molecule is C1=CC2Oc3ccc(-c4cccc5c4oc4cccc(C6=NC(c7ccccc7)NC(c7ccccc7)N6)c45)cc3C2C(n2c3ccccc3c3ccccc32)=C1. The number of nitrogens with one attached hydrogen (secondary N) is 2. The number of rotatable bonds is 5. The van der Waals surface area contributed by atoms with Gasteiger partial charge >= 0.3 is 0 Å². The minimum Gasteiger partial charge on any atom is -0.485 e. The number of fused-ring (bicyclic) bond motifs is 9. The van der Waals surface area contributed by atoms with E-state index in [1.165, 1.54) is 33.1 Å². The van der Waals surface area contributed by atoms with Gasteiger partial charge in [-0.15, -0.1) is 0 Å². The second-order valence-corrected chi connectivity index (χ2v) is 15.1. The number of furan rings is 1. The molecular weight excluding hydrogens is 701 g/mol. The Hall–Kier alpha value is -7.15. The monoisotopic (exact) mass is 736 g/mol. The van der Waals surface area contributed by atoms with E-state index < -0.39 is 0 Å². The quantitative estimate of drug-likeness (QED) is 0.185. The molecule has 0 saturated heterocycles. The molecule has 1 aliphatic carbocycles. The lowest BCUT2D eigenvalue weighted by molar-refractivity contribution is 0.270. The highest BCUT2D eigenvalue weighted by Gasteiger charge is 2.39. The maximum Gasteiger partial charge on any atom is 0.143 e. The van der Waals surface area contributed by atoms with E-state index in [0.29, 0.717) is 0 Å². The summed E-state index contributed by atoms with van der Waals surface area (Å²) in [5.41, 5.74) is 11.8. The third-order valence-corrected chi connectivity index (χ3v) is 11.9. The van der Waals surface area contributed by atoms with Crippen LogP contribution in [0.3, 0.4) is 0 Å². The minimum atomic E-state index is -0.231. The Morgan fingerprint density at radius 2 is 1.30 bits per heavy atom. The Kier molecular flexibility index (Phi) is 7.16. The van der Waals surface area contributed by atoms with Crippen molar-refractivity contribution in [3.8, 4) is 16.9 Å². The van der Waals surface area contributed by atoms with Crippen LogP contribution < -0.4 is 15.4 Å². The summed E-state index contributed by atoms with van der Waals surface area (Å²) in [7, 11) is 0. The summed E-state index contributed by atoms with van der Waals surface area (Å²) < 4.78 is 15.9. The van der Waals surface area contributed by atoms with Crippen LogP contribution in [0.4, 0.5) is 0 Å². The van der Waals surface area contributed by atoms with Crippen LogP contribution in [0.2, 0.25) is 0 Å². The topological polar surface area (TPSA) is 63.7 Å². The van der Waals surface area contributed by atoms with E-state index in [1.807, 2.05) is 12.1 Å². The predicted molar refractivity (Wildman–Crippen MR) is 230 cm³/mol. The number of para-hydroxylation sites is 3. The van der Waals surface area contributed by atoms with Crippen LogP contribution in [0.1, 0.15) is 40.5 Å². The summed E-state index contributed by atoms with van der Waals surface area (Å²) in [6, 6.07) is 57.7. The number of allylic oxidation sites excluding steroid dienone is 2. The number of nitrogens with zero attached hydrogens (tertiary/aromatic N) is 2. The summed E-state index contributed by atoms with van der Waals surface area (Å²) in [5, 5.41) is 12.1. The molecule has 4 unspecified atom stereocenters. The van der Waals surface area contributed by atoms with Gasteiger partial charge in [-0.3, -0.25) is 5.32 Å². The van der Waals surface area contributed by atoms with Crippen LogP contribution >= 0.6 is 0 Å². The molecule has 2 N–H and O–H groups in total. The predicted octanol–water partition coefficient (Wildman–Crippen LogP) is 11.7. The molecule has 0 spiro atoms. The molecule has 12 rings (SSSR count). The van der Waals surface area contributed by atoms with E-state index in [2.05, 4.69) is 185 Å². The van der Waals surface area contributed by atoms with Gasteiger partial charge in [0.2, 0.25) is 0 Å². The highest BCUT2D eigenvalue weighted by Crippen LogP contribution is 2.50. The van der Waals surface area contributed by atoms with Gasteiger partial charge in [-0.2, -0.15) is 0 Å². The maximum absolute atomic E-state index is 6.84. The number of ether oxygens (including phenoxy) is 1. The van der Waals surface area contributed by atoms with Gasteiger partial charge in [0.15, 0.2) is 0 Å². The van der Waals surface area contributed by atoms with Crippen molar-refractivity contribution in [3.63, 3.8) is 0 Å². The van der Waals surface area contributed by atoms with Crippen molar-refractivity contribution in [2.45, 2.75) is 24.4 Å². The van der Waals surface area contributed by atoms with Crippen molar-refractivity contribution in [1.82, 2.24) is 15.2 Å². The molecule has 6 heteroatoms. The number of aliphatic imine (C=N–C) groups is 1. The van der Waals surface area contributed by atoms with Crippen LogP contribution in [0.5, 0.6) is 5.75 Å². The zero-order chi connectivity index (χ0) is 37.5. The van der Waals surface area contributed by atoms with E-state index in [4.69, 9.17) is 14.1 Å². The van der Waals surface area contributed by atoms with E-state index in [1.54, 1.807) is 0 Å². The lowest BCUT2D eigenvalue weighted by atomic mass is 9.87. The Morgan fingerprint density at radius 3 is 2.09 bits per heavy atom. The molecule has 272 valence electrons. The highest BCUT2D eigenvalue weighted by atomic mass is 16.5. The number of amidine groups is 1. The average molecular weight is 737 g/mol. The van der Waals surface area contributed by atoms with E-state index >= 15 is 0 Å². The molecule has 2 aromatic heterocycles. The Balaban J connectivity index is 0.979. The molecule has 2 aliphatic heterocycles. The Bertz CT molecular complexity index is 3080. The Morgan fingerprint density at radius 1 is 0.614 bits per heavy atom. The number of hydrogen-bond donors (Lipinski definition) is 2. The normalized spacial score (nSPS) is 19.9. The second kappa shape index (κ2) is 12.7. The first-order valence-corrected chi connectivity index (χ1v) is 19.6. The molecule has 3 aliphatic rings. The fraction of sp³-hybridized carbons (Fsp3) is 0.0784. The fourth-order valence-corrected chi connectivity index (χ4v) is 9.31. The molecule has 0 fully saturated rings. The van der Waals surface area contributed by atoms with Crippen molar-refractivity contribution in [2.24, 2.45) is 4.99 Å². The first kappa shape index (κ1) is 32.1. The number of benzene rings is 7. The zero-order valence-corrected chi connectivity index (χ0v) is 30.8. The molecule has 7 aromatic carbocycles. The zero-order valence-electron chi connectivity index (χ0n) is 30.8. The fourth-order valence-electron chi connectivity index (χ4n) is 9.31. The molecule has 0 radical (unpaired) electrons. The number of hydrogen-bond acceptors (Lipinski definition) is 5. The van der Waals surface area contributed by atoms with E-state index in [9.17, 15) is 0 Å². The summed E-state index contributed by atoms with van der Waals surface area (Å²) in [6.45, 7) is 0. The molecule has 6 nitrogen and oxygen atoms in total. The molecule has 0 bridgehead atoms. The molecule has 0 saturated carbocycles. The van der Waals surface area contributed by atoms with Crippen LogP contribution in [-0.4, -0.2) is 16.5 Å². The summed E-state index contributed by atoms with van der Waals surface area (Å²) in [4.78, 5) is 5.28. The van der Waals surface area contributed by atoms with Crippen molar-refractivity contribution in [3.05, 3.63) is 204 Å². The van der Waals surface area contributed by atoms with Crippen molar-refractivity contribution >= 4 is 55.3 Å². The van der Waals surface area contributed by atoms with Gasteiger partial charge in [0.05, 0.1) is 17.0 Å². The third kappa shape index (κ3) is 5.04. The van der Waals surface area contributed by atoms with Crippen LogP contribution in [0.25, 0.3) is 60.6 Å². The first-order valence-electron chi connectivity index (χ1n) is 19.6. The van der Waals surface area contributed by atoms with Crippen LogP contribution in [-0.2, 0) is 0 Å². The maximum atomic E-state index is 6.84. The van der Waals surface area contributed by atoms with Gasteiger partial charge in [0.25, 0.3) is 0 Å². The molecule has 4 atom stereocenters. The standard InChI is InChI=1S/C51H36N4O2/c1-3-14-31(15-4-1)49-52-50(32-16-5-2-6-17-32)54-51(53-49)38-22-12-26-44-46(38)37-21-11-20-34(48(37)57-44)33-28-29-43-39(30-33)47-42(25-13-27-45(47)56-43)55-40-23-9-7-18-35(40)36-19-8-10-24-41(36)55/h1-30,45,47,49-50,52H,(H,53,54). The van der Waals surface area contributed by atoms with E-state index in [-0.39, 0.29) is 24.4 Å². The van der Waals surface area contributed by atoms with Gasteiger partial charge in [-0.25, -0.2) is 4.99 Å². The van der Waals surface area contributed by atoms with Crippen LogP contribution in [0.15, 0.2) is 191 Å². The van der Waals surface area contributed by atoms with Gasteiger partial charge in [0.1, 0.15) is 41.2 Å². The van der Waals surface area contributed by atoms with Crippen molar-refractivity contribution in [2.75, 3.05) is 0 Å². The van der Waals surface area contributed by atoms with E-state index in [0.717, 1.165) is 61.3 Å². The second-order valence-electron chi connectivity index (χ2n) is 15.1.